The second kappa shape index (κ2) is 7.25. The van der Waals surface area contributed by atoms with Gasteiger partial charge in [-0.15, -0.1) is 11.3 Å². The smallest absolute Gasteiger partial charge is 0.128 e. The standard InChI is InChI=1S/C18H26N2OS/c1-6-18(3,4)13-8-9-16(21-7-2)14(10-13)15-12-22-17(20-15)11-19-5/h8-10,12,19H,6-7,11H2,1-5H3. The molecule has 0 atom stereocenters. The molecule has 0 amide bonds. The Morgan fingerprint density at radius 1 is 1.27 bits per heavy atom. The molecule has 0 unspecified atom stereocenters. The van der Waals surface area contributed by atoms with Crippen LogP contribution in [0, 0.1) is 0 Å². The lowest BCUT2D eigenvalue weighted by atomic mass is 9.81. The van der Waals surface area contributed by atoms with Gasteiger partial charge in [0.1, 0.15) is 10.8 Å². The second-order valence-corrected chi connectivity index (χ2v) is 6.98. The summed E-state index contributed by atoms with van der Waals surface area (Å²) in [5, 5.41) is 6.37. The zero-order valence-corrected chi connectivity index (χ0v) is 15.0. The van der Waals surface area contributed by atoms with Crippen LogP contribution in [0.1, 0.15) is 44.7 Å². The molecule has 1 aromatic carbocycles. The minimum atomic E-state index is 0.156. The lowest BCUT2D eigenvalue weighted by Gasteiger charge is -2.24. The van der Waals surface area contributed by atoms with Crippen molar-refractivity contribution in [2.45, 2.75) is 46.1 Å². The average Bonchev–Trinajstić information content (AvgIpc) is 2.96. The molecule has 0 aliphatic heterocycles. The fourth-order valence-corrected chi connectivity index (χ4v) is 3.11. The van der Waals surface area contributed by atoms with Gasteiger partial charge in [0, 0.05) is 17.5 Å². The van der Waals surface area contributed by atoms with Crippen LogP contribution in [0.2, 0.25) is 0 Å². The normalized spacial score (nSPS) is 11.7. The van der Waals surface area contributed by atoms with E-state index in [9.17, 15) is 0 Å². The highest BCUT2D eigenvalue weighted by Crippen LogP contribution is 2.36. The predicted octanol–water partition coefficient (Wildman–Crippen LogP) is 4.62. The van der Waals surface area contributed by atoms with Gasteiger partial charge in [0.15, 0.2) is 0 Å². The third-order valence-corrected chi connectivity index (χ3v) is 4.95. The number of rotatable bonds is 7. The molecule has 3 nitrogen and oxygen atoms in total. The van der Waals surface area contributed by atoms with Gasteiger partial charge in [0.05, 0.1) is 12.3 Å². The minimum Gasteiger partial charge on any atom is -0.493 e. The fourth-order valence-electron chi connectivity index (χ4n) is 2.30. The summed E-state index contributed by atoms with van der Waals surface area (Å²) < 4.78 is 5.81. The van der Waals surface area contributed by atoms with E-state index < -0.39 is 0 Å². The molecule has 22 heavy (non-hydrogen) atoms. The fraction of sp³-hybridized carbons (Fsp3) is 0.500. The maximum Gasteiger partial charge on any atom is 0.128 e. The van der Waals surface area contributed by atoms with Crippen molar-refractivity contribution in [3.05, 3.63) is 34.2 Å². The second-order valence-electron chi connectivity index (χ2n) is 6.04. The van der Waals surface area contributed by atoms with Crippen LogP contribution in [0.3, 0.4) is 0 Å². The molecule has 1 N–H and O–H groups in total. The summed E-state index contributed by atoms with van der Waals surface area (Å²) >= 11 is 1.69. The van der Waals surface area contributed by atoms with Crippen LogP contribution in [-0.2, 0) is 12.0 Å². The first kappa shape index (κ1) is 17.0. The van der Waals surface area contributed by atoms with Gasteiger partial charge < -0.3 is 10.1 Å². The van der Waals surface area contributed by atoms with Gasteiger partial charge in [-0.2, -0.15) is 0 Å². The van der Waals surface area contributed by atoms with E-state index in [-0.39, 0.29) is 5.41 Å². The molecule has 0 spiro atoms. The maximum atomic E-state index is 5.81. The Balaban J connectivity index is 2.47. The molecule has 120 valence electrons. The van der Waals surface area contributed by atoms with Crippen molar-refractivity contribution in [1.29, 1.82) is 0 Å². The van der Waals surface area contributed by atoms with E-state index in [0.717, 1.165) is 35.0 Å². The van der Waals surface area contributed by atoms with Gasteiger partial charge in [-0.3, -0.25) is 0 Å². The van der Waals surface area contributed by atoms with E-state index in [1.165, 1.54) is 5.56 Å². The number of aromatic nitrogens is 1. The van der Waals surface area contributed by atoms with Crippen molar-refractivity contribution in [2.24, 2.45) is 0 Å². The number of hydrogen-bond donors (Lipinski definition) is 1. The quantitative estimate of drug-likeness (QED) is 0.809. The topological polar surface area (TPSA) is 34.1 Å². The van der Waals surface area contributed by atoms with Gasteiger partial charge in [-0.05, 0) is 43.5 Å². The minimum absolute atomic E-state index is 0.156. The molecule has 2 aromatic rings. The highest BCUT2D eigenvalue weighted by Gasteiger charge is 2.21. The summed E-state index contributed by atoms with van der Waals surface area (Å²) in [5.74, 6) is 0.916. The Kier molecular flexibility index (Phi) is 5.59. The third-order valence-electron chi connectivity index (χ3n) is 4.10. The van der Waals surface area contributed by atoms with Crippen LogP contribution in [0.4, 0.5) is 0 Å². The van der Waals surface area contributed by atoms with Crippen molar-refractivity contribution < 1.29 is 4.74 Å². The van der Waals surface area contributed by atoms with E-state index in [0.29, 0.717) is 6.61 Å². The molecule has 0 radical (unpaired) electrons. The Bertz CT molecular complexity index is 619. The lowest BCUT2D eigenvalue weighted by molar-refractivity contribution is 0.341. The van der Waals surface area contributed by atoms with Crippen molar-refractivity contribution in [3.8, 4) is 17.0 Å². The average molecular weight is 318 g/mol. The maximum absolute atomic E-state index is 5.81. The molecule has 0 fully saturated rings. The predicted molar refractivity (Wildman–Crippen MR) is 94.8 cm³/mol. The van der Waals surface area contributed by atoms with Crippen LogP contribution in [-0.4, -0.2) is 18.6 Å². The molecule has 1 aromatic heterocycles. The molecule has 0 aliphatic rings. The Morgan fingerprint density at radius 2 is 2.05 bits per heavy atom. The molecule has 0 bridgehead atoms. The third kappa shape index (κ3) is 3.68. The van der Waals surface area contributed by atoms with Crippen molar-refractivity contribution >= 4 is 11.3 Å². The van der Waals surface area contributed by atoms with Crippen LogP contribution in [0.5, 0.6) is 5.75 Å². The van der Waals surface area contributed by atoms with Gasteiger partial charge in [-0.1, -0.05) is 26.8 Å². The van der Waals surface area contributed by atoms with E-state index in [1.54, 1.807) is 11.3 Å². The van der Waals surface area contributed by atoms with Crippen molar-refractivity contribution in [3.63, 3.8) is 0 Å². The molecule has 2 rings (SSSR count). The summed E-state index contributed by atoms with van der Waals surface area (Å²) in [5.41, 5.74) is 3.59. The zero-order valence-electron chi connectivity index (χ0n) is 14.2. The first-order chi connectivity index (χ1) is 10.5. The molecule has 0 saturated carbocycles. The Hall–Kier alpha value is -1.39. The monoisotopic (exact) mass is 318 g/mol. The SMILES string of the molecule is CCOc1ccc(C(C)(C)CC)cc1-c1csc(CNC)n1. The molecule has 0 saturated heterocycles. The highest BCUT2D eigenvalue weighted by atomic mass is 32.1. The Morgan fingerprint density at radius 3 is 2.68 bits per heavy atom. The van der Waals surface area contributed by atoms with Gasteiger partial charge >= 0.3 is 0 Å². The van der Waals surface area contributed by atoms with Gasteiger partial charge in [0.2, 0.25) is 0 Å². The highest BCUT2D eigenvalue weighted by molar-refractivity contribution is 7.09. The van der Waals surface area contributed by atoms with Crippen molar-refractivity contribution in [2.75, 3.05) is 13.7 Å². The summed E-state index contributed by atoms with van der Waals surface area (Å²) in [6.45, 7) is 10.3. The molecule has 1 heterocycles. The van der Waals surface area contributed by atoms with Gasteiger partial charge in [-0.25, -0.2) is 4.98 Å². The number of thiazole rings is 1. The molecule has 4 heteroatoms. The van der Waals surface area contributed by atoms with Crippen LogP contribution in [0.15, 0.2) is 23.6 Å². The zero-order chi connectivity index (χ0) is 16.2. The van der Waals surface area contributed by atoms with Crippen LogP contribution in [0.25, 0.3) is 11.3 Å². The number of benzene rings is 1. The van der Waals surface area contributed by atoms with E-state index in [1.807, 2.05) is 14.0 Å². The molecular weight excluding hydrogens is 292 g/mol. The summed E-state index contributed by atoms with van der Waals surface area (Å²) in [6, 6.07) is 6.51. The number of nitrogens with zero attached hydrogens (tertiary/aromatic N) is 1. The van der Waals surface area contributed by atoms with E-state index in [4.69, 9.17) is 9.72 Å². The molecule has 0 aliphatic carbocycles. The Labute approximate surface area is 137 Å². The summed E-state index contributed by atoms with van der Waals surface area (Å²) in [4.78, 5) is 4.74. The number of ether oxygens (including phenoxy) is 1. The first-order valence-corrected chi connectivity index (χ1v) is 8.76. The lowest BCUT2D eigenvalue weighted by Crippen LogP contribution is -2.15. The number of hydrogen-bond acceptors (Lipinski definition) is 4. The van der Waals surface area contributed by atoms with E-state index in [2.05, 4.69) is 49.7 Å². The molecular formula is C18H26N2OS. The van der Waals surface area contributed by atoms with Crippen LogP contribution >= 0.6 is 11.3 Å². The first-order valence-electron chi connectivity index (χ1n) is 7.88. The van der Waals surface area contributed by atoms with Gasteiger partial charge in [0.25, 0.3) is 0 Å². The van der Waals surface area contributed by atoms with E-state index >= 15 is 0 Å². The number of nitrogens with one attached hydrogen (secondary N) is 1. The van der Waals surface area contributed by atoms with Crippen molar-refractivity contribution in [1.82, 2.24) is 10.3 Å². The van der Waals surface area contributed by atoms with Crippen LogP contribution < -0.4 is 10.1 Å². The summed E-state index contributed by atoms with van der Waals surface area (Å²) in [7, 11) is 1.94. The largest absolute Gasteiger partial charge is 0.493 e. The summed E-state index contributed by atoms with van der Waals surface area (Å²) in [6.07, 6.45) is 1.10.